The molecule has 0 aliphatic carbocycles. The summed E-state index contributed by atoms with van der Waals surface area (Å²) in [6, 6.07) is 7.49. The Morgan fingerprint density at radius 2 is 2.15 bits per heavy atom. The van der Waals surface area contributed by atoms with Crippen molar-refractivity contribution in [2.75, 3.05) is 5.32 Å². The summed E-state index contributed by atoms with van der Waals surface area (Å²) in [5, 5.41) is 2.26. The van der Waals surface area contributed by atoms with Gasteiger partial charge in [-0.3, -0.25) is 4.79 Å². The molecule has 1 aromatic carbocycles. The number of benzene rings is 1. The number of halogens is 2. The van der Waals surface area contributed by atoms with E-state index < -0.39 is 9.57 Å². The molecule has 1 atom stereocenters. The number of rotatable bonds is 1. The van der Waals surface area contributed by atoms with E-state index in [1.807, 2.05) is 24.3 Å². The first-order valence-corrected chi connectivity index (χ1v) is 5.14. The molecular formula is C8H5Cl2NOS. The van der Waals surface area contributed by atoms with Crippen LogP contribution >= 0.6 is 35.0 Å². The van der Waals surface area contributed by atoms with Crippen molar-refractivity contribution < 1.29 is 4.79 Å². The van der Waals surface area contributed by atoms with Gasteiger partial charge in [-0.15, -0.1) is 0 Å². The molecule has 2 nitrogen and oxygen atoms in total. The third kappa shape index (κ3) is 1.52. The van der Waals surface area contributed by atoms with Crippen molar-refractivity contribution in [1.82, 2.24) is 0 Å². The molecule has 0 saturated heterocycles. The summed E-state index contributed by atoms with van der Waals surface area (Å²) in [6.07, 6.45) is 0. The quantitative estimate of drug-likeness (QED) is 0.460. The van der Waals surface area contributed by atoms with Gasteiger partial charge in [0.1, 0.15) is 0 Å². The molecule has 0 bridgehead atoms. The Morgan fingerprint density at radius 3 is 2.77 bits per heavy atom. The van der Waals surface area contributed by atoms with Gasteiger partial charge in [0.15, 0.2) is 0 Å². The topological polar surface area (TPSA) is 29.1 Å². The van der Waals surface area contributed by atoms with E-state index in [0.717, 1.165) is 10.6 Å². The van der Waals surface area contributed by atoms with Gasteiger partial charge in [-0.25, -0.2) is 0 Å². The van der Waals surface area contributed by atoms with E-state index in [9.17, 15) is 4.79 Å². The van der Waals surface area contributed by atoms with Crippen molar-refractivity contribution in [3.63, 3.8) is 0 Å². The van der Waals surface area contributed by atoms with Gasteiger partial charge in [-0.1, -0.05) is 35.5 Å². The van der Waals surface area contributed by atoms with E-state index in [2.05, 4.69) is 5.32 Å². The molecule has 68 valence electrons. The number of nitrogens with one attached hydrogen (secondary N) is 1. The maximum Gasteiger partial charge on any atom is 0.273 e. The maximum absolute atomic E-state index is 11.0. The number of fused-ring (bicyclic) bond motifs is 1. The van der Waals surface area contributed by atoms with E-state index in [1.165, 1.54) is 11.8 Å². The van der Waals surface area contributed by atoms with Crippen LogP contribution in [-0.4, -0.2) is 9.57 Å². The average Bonchev–Trinajstić information content (AvgIpc) is 2.42. The summed E-state index contributed by atoms with van der Waals surface area (Å²) in [4.78, 5) is 11.9. The number of alkyl halides is 1. The van der Waals surface area contributed by atoms with Gasteiger partial charge in [-0.2, -0.15) is 0 Å². The van der Waals surface area contributed by atoms with Gasteiger partial charge in [-0.05, 0) is 23.7 Å². The van der Waals surface area contributed by atoms with Gasteiger partial charge in [0, 0.05) is 4.90 Å². The van der Waals surface area contributed by atoms with Crippen molar-refractivity contribution in [2.45, 2.75) is 9.23 Å². The lowest BCUT2D eigenvalue weighted by Gasteiger charge is -2.14. The highest BCUT2D eigenvalue weighted by Crippen LogP contribution is 2.48. The second kappa shape index (κ2) is 3.08. The standard InChI is InChI=1S/C8H5Cl2NOS/c9-7(12)8(10)11-5-3-1-2-4-6(5)13-8/h1-4,11H. The fourth-order valence-corrected chi connectivity index (χ4v) is 2.53. The molecule has 1 aromatic rings. The van der Waals surface area contributed by atoms with Crippen LogP contribution in [0.25, 0.3) is 0 Å². The lowest BCUT2D eigenvalue weighted by molar-refractivity contribution is -0.111. The highest BCUT2D eigenvalue weighted by Gasteiger charge is 2.41. The summed E-state index contributed by atoms with van der Waals surface area (Å²) >= 11 is 12.5. The summed E-state index contributed by atoms with van der Waals surface area (Å²) in [7, 11) is 0. The van der Waals surface area contributed by atoms with Gasteiger partial charge in [0.05, 0.1) is 5.69 Å². The van der Waals surface area contributed by atoms with E-state index in [0.29, 0.717) is 0 Å². The van der Waals surface area contributed by atoms with Crippen LogP contribution in [0.4, 0.5) is 5.69 Å². The highest BCUT2D eigenvalue weighted by atomic mass is 35.5. The molecule has 1 aliphatic heterocycles. The molecule has 1 heterocycles. The molecule has 13 heavy (non-hydrogen) atoms. The molecule has 0 radical (unpaired) electrons. The smallest absolute Gasteiger partial charge is 0.273 e. The molecule has 0 aromatic heterocycles. The summed E-state index contributed by atoms with van der Waals surface area (Å²) in [5.41, 5.74) is 0.844. The van der Waals surface area contributed by atoms with Gasteiger partial charge in [0.25, 0.3) is 5.24 Å². The number of carbonyl (C=O) groups is 1. The molecule has 0 fully saturated rings. The van der Waals surface area contributed by atoms with Gasteiger partial charge < -0.3 is 5.32 Å². The summed E-state index contributed by atoms with van der Waals surface area (Å²) < 4.78 is -1.23. The lowest BCUT2D eigenvalue weighted by atomic mass is 10.3. The maximum atomic E-state index is 11.0. The van der Waals surface area contributed by atoms with Crippen LogP contribution in [0.5, 0.6) is 0 Å². The number of anilines is 1. The molecule has 0 saturated carbocycles. The average molecular weight is 234 g/mol. The third-order valence-electron chi connectivity index (χ3n) is 1.69. The number of hydrogen-bond donors (Lipinski definition) is 1. The molecule has 5 heteroatoms. The zero-order valence-electron chi connectivity index (χ0n) is 6.38. The Bertz CT molecular complexity index is 344. The third-order valence-corrected chi connectivity index (χ3v) is 3.82. The Balaban J connectivity index is 2.37. The number of para-hydroxylation sites is 1. The zero-order valence-corrected chi connectivity index (χ0v) is 8.71. The van der Waals surface area contributed by atoms with Gasteiger partial charge in [0.2, 0.25) is 4.33 Å². The Kier molecular flexibility index (Phi) is 2.18. The van der Waals surface area contributed by atoms with Crippen molar-refractivity contribution in [3.05, 3.63) is 24.3 Å². The molecule has 0 amide bonds. The minimum atomic E-state index is -1.23. The van der Waals surface area contributed by atoms with E-state index in [1.54, 1.807) is 0 Å². The van der Waals surface area contributed by atoms with Crippen molar-refractivity contribution >= 4 is 45.9 Å². The largest absolute Gasteiger partial charge is 0.350 e. The number of carbonyl (C=O) groups excluding carboxylic acids is 1. The fraction of sp³-hybridized carbons (Fsp3) is 0.125. The van der Waals surface area contributed by atoms with Crippen LogP contribution in [0.2, 0.25) is 0 Å². The molecule has 1 unspecified atom stereocenters. The number of hydrogen-bond acceptors (Lipinski definition) is 3. The van der Waals surface area contributed by atoms with Crippen LogP contribution in [0.1, 0.15) is 0 Å². The lowest BCUT2D eigenvalue weighted by Crippen LogP contribution is -2.30. The van der Waals surface area contributed by atoms with Crippen molar-refractivity contribution in [3.8, 4) is 0 Å². The van der Waals surface area contributed by atoms with E-state index >= 15 is 0 Å². The molecule has 0 spiro atoms. The normalized spacial score (nSPS) is 25.1. The van der Waals surface area contributed by atoms with Crippen LogP contribution in [0, 0.1) is 0 Å². The first-order valence-electron chi connectivity index (χ1n) is 3.57. The monoisotopic (exact) mass is 233 g/mol. The highest BCUT2D eigenvalue weighted by molar-refractivity contribution is 8.03. The molecular weight excluding hydrogens is 229 g/mol. The van der Waals surface area contributed by atoms with E-state index in [4.69, 9.17) is 23.2 Å². The second-order valence-corrected chi connectivity index (χ2v) is 4.98. The minimum Gasteiger partial charge on any atom is -0.350 e. The summed E-state index contributed by atoms with van der Waals surface area (Å²) in [5.74, 6) is 0. The van der Waals surface area contributed by atoms with Crippen molar-refractivity contribution in [2.24, 2.45) is 0 Å². The van der Waals surface area contributed by atoms with Crippen LogP contribution in [0.3, 0.4) is 0 Å². The predicted molar refractivity (Wildman–Crippen MR) is 55.4 cm³/mol. The minimum absolute atomic E-state index is 0.602. The summed E-state index contributed by atoms with van der Waals surface area (Å²) in [6.45, 7) is 0. The van der Waals surface area contributed by atoms with E-state index in [-0.39, 0.29) is 0 Å². The Morgan fingerprint density at radius 1 is 1.46 bits per heavy atom. The zero-order chi connectivity index (χ0) is 9.47. The van der Waals surface area contributed by atoms with Crippen LogP contribution in [0.15, 0.2) is 29.2 Å². The van der Waals surface area contributed by atoms with Crippen LogP contribution in [-0.2, 0) is 4.79 Å². The van der Waals surface area contributed by atoms with Crippen LogP contribution < -0.4 is 5.32 Å². The van der Waals surface area contributed by atoms with Crippen molar-refractivity contribution in [1.29, 1.82) is 0 Å². The molecule has 1 N–H and O–H groups in total. The molecule has 2 rings (SSSR count). The SMILES string of the molecule is O=C(Cl)C1(Cl)Nc2ccccc2S1. The predicted octanol–water partition coefficient (Wildman–Crippen LogP) is 2.86. The Labute approximate surface area is 89.6 Å². The fourth-order valence-electron chi connectivity index (χ4n) is 1.10. The first-order chi connectivity index (χ1) is 6.12. The second-order valence-electron chi connectivity index (χ2n) is 2.59. The Hall–Kier alpha value is -0.380. The molecule has 1 aliphatic rings. The first kappa shape index (κ1) is 9.19. The van der Waals surface area contributed by atoms with Gasteiger partial charge >= 0.3 is 0 Å². The number of thioether (sulfide) groups is 1.